The zero-order chi connectivity index (χ0) is 19.0. The Hall–Kier alpha value is -2.73. The molecule has 2 aromatic carbocycles. The van der Waals surface area contributed by atoms with Gasteiger partial charge in [0.15, 0.2) is 0 Å². The molecule has 2 aliphatic rings. The van der Waals surface area contributed by atoms with E-state index in [0.717, 1.165) is 24.8 Å². The Labute approximate surface area is 157 Å². The Morgan fingerprint density at radius 3 is 2.48 bits per heavy atom. The number of hydrogen-bond donors (Lipinski definition) is 0. The second-order valence-electron chi connectivity index (χ2n) is 7.41. The fraction of sp³-hybridized carbons (Fsp3) is 0.381. The van der Waals surface area contributed by atoms with Crippen LogP contribution in [-0.2, 0) is 4.79 Å². The summed E-state index contributed by atoms with van der Waals surface area (Å²) in [6, 6.07) is 16.3. The zero-order valence-corrected chi connectivity index (χ0v) is 15.2. The number of nitro benzene ring substituents is 1. The smallest absolute Gasteiger partial charge is 0.316 e. The number of para-hydroxylation sites is 1. The third-order valence-corrected chi connectivity index (χ3v) is 6.03. The minimum absolute atomic E-state index is 0.00992. The number of nitro groups is 1. The van der Waals surface area contributed by atoms with E-state index in [1.165, 1.54) is 12.1 Å². The fourth-order valence-corrected chi connectivity index (χ4v) is 4.65. The second kappa shape index (κ2) is 7.12. The number of ether oxygens (including phenoxy) is 1. The lowest BCUT2D eigenvalue weighted by atomic mass is 9.76. The van der Waals surface area contributed by atoms with Crippen molar-refractivity contribution in [3.63, 3.8) is 0 Å². The summed E-state index contributed by atoms with van der Waals surface area (Å²) in [5.74, 6) is 0.0561. The summed E-state index contributed by atoms with van der Waals surface area (Å²) >= 11 is 0. The van der Waals surface area contributed by atoms with Crippen molar-refractivity contribution in [2.45, 2.75) is 37.3 Å². The highest BCUT2D eigenvalue weighted by Gasteiger charge is 2.49. The predicted molar refractivity (Wildman–Crippen MR) is 101 cm³/mol. The van der Waals surface area contributed by atoms with E-state index < -0.39 is 4.92 Å². The number of fused-ring (bicyclic) bond motifs is 2. The van der Waals surface area contributed by atoms with Gasteiger partial charge in [0.2, 0.25) is 0 Å². The number of nitrogens with zero attached hydrogens (tertiary/aromatic N) is 2. The van der Waals surface area contributed by atoms with Gasteiger partial charge in [-0.15, -0.1) is 0 Å². The standard InChI is InChI=1S/C21H22N2O4/c1-22-16-11-12-19(22)20(21(24)27-17-5-3-2-4-6-17)18(13-16)14-7-9-15(10-8-14)23(25)26/h2-10,16,18-20H,11-13H2,1H3/t16?,18-,19?,20?/m1/s1. The molecule has 2 aromatic rings. The molecule has 2 saturated heterocycles. The molecule has 0 radical (unpaired) electrons. The summed E-state index contributed by atoms with van der Waals surface area (Å²) in [6.07, 6.45) is 2.90. The van der Waals surface area contributed by atoms with E-state index in [1.54, 1.807) is 24.3 Å². The lowest BCUT2D eigenvalue weighted by molar-refractivity contribution is -0.384. The van der Waals surface area contributed by atoms with Gasteiger partial charge in [-0.25, -0.2) is 0 Å². The summed E-state index contributed by atoms with van der Waals surface area (Å²) in [6.45, 7) is 0. The number of hydrogen-bond acceptors (Lipinski definition) is 5. The van der Waals surface area contributed by atoms with E-state index in [1.807, 2.05) is 18.2 Å². The third kappa shape index (κ3) is 3.32. The van der Waals surface area contributed by atoms with E-state index in [2.05, 4.69) is 11.9 Å². The third-order valence-electron chi connectivity index (χ3n) is 6.03. The monoisotopic (exact) mass is 366 g/mol. The molecule has 0 amide bonds. The Kier molecular flexibility index (Phi) is 4.66. The van der Waals surface area contributed by atoms with Crippen LogP contribution in [0.2, 0.25) is 0 Å². The Morgan fingerprint density at radius 2 is 1.81 bits per heavy atom. The highest BCUT2D eigenvalue weighted by Crippen LogP contribution is 2.46. The van der Waals surface area contributed by atoms with Gasteiger partial charge >= 0.3 is 5.97 Å². The highest BCUT2D eigenvalue weighted by molar-refractivity contribution is 5.77. The maximum Gasteiger partial charge on any atom is 0.316 e. The molecule has 4 rings (SSSR count). The molecular formula is C21H22N2O4. The van der Waals surface area contributed by atoms with Crippen LogP contribution < -0.4 is 4.74 Å². The molecule has 0 spiro atoms. The first-order valence-corrected chi connectivity index (χ1v) is 9.27. The SMILES string of the molecule is CN1C2CCC1C(C(=O)Oc1ccccc1)[C@@H](c1ccc([N+](=O)[O-])cc1)C2. The Balaban J connectivity index is 1.64. The van der Waals surface area contributed by atoms with Crippen molar-refractivity contribution in [1.29, 1.82) is 0 Å². The lowest BCUT2D eigenvalue weighted by Gasteiger charge is -2.41. The highest BCUT2D eigenvalue weighted by atomic mass is 16.6. The van der Waals surface area contributed by atoms with Crippen molar-refractivity contribution >= 4 is 11.7 Å². The summed E-state index contributed by atoms with van der Waals surface area (Å²) in [7, 11) is 2.08. The summed E-state index contributed by atoms with van der Waals surface area (Å²) in [5, 5.41) is 10.9. The van der Waals surface area contributed by atoms with Crippen molar-refractivity contribution in [2.75, 3.05) is 7.05 Å². The molecule has 0 aromatic heterocycles. The van der Waals surface area contributed by atoms with Gasteiger partial charge in [0.1, 0.15) is 5.75 Å². The fourth-order valence-electron chi connectivity index (χ4n) is 4.65. The number of esters is 1. The van der Waals surface area contributed by atoms with Crippen molar-refractivity contribution in [1.82, 2.24) is 4.90 Å². The first kappa shape index (κ1) is 17.7. The number of rotatable bonds is 4. The first-order chi connectivity index (χ1) is 13.0. The van der Waals surface area contributed by atoms with Crippen molar-refractivity contribution in [3.8, 4) is 5.75 Å². The molecule has 0 saturated carbocycles. The van der Waals surface area contributed by atoms with Gasteiger partial charge in [-0.1, -0.05) is 30.3 Å². The number of benzene rings is 2. The summed E-state index contributed by atoms with van der Waals surface area (Å²) in [4.78, 5) is 26.0. The van der Waals surface area contributed by atoms with Crippen LogP contribution in [0.3, 0.4) is 0 Å². The molecule has 3 unspecified atom stereocenters. The average molecular weight is 366 g/mol. The molecule has 2 heterocycles. The number of piperidine rings is 1. The van der Waals surface area contributed by atoms with Crippen LogP contribution in [-0.4, -0.2) is 34.9 Å². The Morgan fingerprint density at radius 1 is 1.11 bits per heavy atom. The minimum atomic E-state index is -0.400. The number of carbonyl (C=O) groups excluding carboxylic acids is 1. The zero-order valence-electron chi connectivity index (χ0n) is 15.2. The van der Waals surface area contributed by atoms with Crippen LogP contribution in [0.1, 0.15) is 30.7 Å². The lowest BCUT2D eigenvalue weighted by Crippen LogP contribution is -2.49. The molecule has 140 valence electrons. The molecular weight excluding hydrogens is 344 g/mol. The second-order valence-corrected chi connectivity index (χ2v) is 7.41. The van der Waals surface area contributed by atoms with Crippen LogP contribution in [0, 0.1) is 16.0 Å². The van der Waals surface area contributed by atoms with Crippen molar-refractivity contribution in [3.05, 3.63) is 70.3 Å². The largest absolute Gasteiger partial charge is 0.426 e. The quantitative estimate of drug-likeness (QED) is 0.356. The van der Waals surface area contributed by atoms with Crippen molar-refractivity contribution < 1.29 is 14.5 Å². The van der Waals surface area contributed by atoms with Crippen LogP contribution in [0.5, 0.6) is 5.75 Å². The van der Waals surface area contributed by atoms with E-state index in [4.69, 9.17) is 4.74 Å². The van der Waals surface area contributed by atoms with Gasteiger partial charge in [0.25, 0.3) is 5.69 Å². The van der Waals surface area contributed by atoms with E-state index in [9.17, 15) is 14.9 Å². The van der Waals surface area contributed by atoms with Crippen molar-refractivity contribution in [2.24, 2.45) is 5.92 Å². The van der Waals surface area contributed by atoms with Crippen LogP contribution >= 0.6 is 0 Å². The van der Waals surface area contributed by atoms with Gasteiger partial charge < -0.3 is 4.74 Å². The van der Waals surface area contributed by atoms with E-state index >= 15 is 0 Å². The van der Waals surface area contributed by atoms with Gasteiger partial charge in [0, 0.05) is 30.1 Å². The topological polar surface area (TPSA) is 72.7 Å². The van der Waals surface area contributed by atoms with Crippen LogP contribution in [0.4, 0.5) is 5.69 Å². The average Bonchev–Trinajstić information content (AvgIpc) is 2.91. The van der Waals surface area contributed by atoms with Crippen LogP contribution in [0.15, 0.2) is 54.6 Å². The number of non-ortho nitro benzene ring substituents is 1. The number of carbonyl (C=O) groups is 1. The molecule has 2 aliphatic heterocycles. The van der Waals surface area contributed by atoms with Gasteiger partial charge in [-0.05, 0) is 44.0 Å². The van der Waals surface area contributed by atoms with Gasteiger partial charge in [0.05, 0.1) is 10.8 Å². The Bertz CT molecular complexity index is 837. The molecule has 2 fully saturated rings. The molecule has 2 bridgehead atoms. The molecule has 27 heavy (non-hydrogen) atoms. The summed E-state index contributed by atoms with van der Waals surface area (Å²) in [5.41, 5.74) is 1.04. The van der Waals surface area contributed by atoms with Gasteiger partial charge in [-0.2, -0.15) is 0 Å². The molecule has 6 nitrogen and oxygen atoms in total. The molecule has 0 N–H and O–H groups in total. The molecule has 6 heteroatoms. The first-order valence-electron chi connectivity index (χ1n) is 9.27. The van der Waals surface area contributed by atoms with Gasteiger partial charge in [-0.3, -0.25) is 19.8 Å². The summed E-state index contributed by atoms with van der Waals surface area (Å²) < 4.78 is 5.69. The normalized spacial score (nSPS) is 27.3. The van der Waals surface area contributed by atoms with E-state index in [-0.39, 0.29) is 29.5 Å². The predicted octanol–water partition coefficient (Wildman–Crippen LogP) is 3.77. The van der Waals surface area contributed by atoms with E-state index in [0.29, 0.717) is 11.8 Å². The van der Waals surface area contributed by atoms with Crippen LogP contribution in [0.25, 0.3) is 0 Å². The maximum absolute atomic E-state index is 13.1. The molecule has 4 atom stereocenters. The maximum atomic E-state index is 13.1. The minimum Gasteiger partial charge on any atom is -0.426 e. The molecule has 0 aliphatic carbocycles.